The van der Waals surface area contributed by atoms with Crippen molar-refractivity contribution in [3.8, 4) is 0 Å². The number of hydrogen-bond donors (Lipinski definition) is 5. The van der Waals surface area contributed by atoms with E-state index in [1.165, 1.54) is 0 Å². The minimum Gasteiger partial charge on any atom is -0.342 e. The molecule has 2 heterocycles. The Bertz CT molecular complexity index is 1900. The molecule has 1 aromatic rings. The first-order valence-corrected chi connectivity index (χ1v) is 21.3. The van der Waals surface area contributed by atoms with Crippen molar-refractivity contribution in [2.75, 3.05) is 6.54 Å². The molecule has 55 heavy (non-hydrogen) atoms. The van der Waals surface area contributed by atoms with Gasteiger partial charge >= 0.3 is 0 Å². The molecule has 0 unspecified atom stereocenters. The number of rotatable bonds is 12. The maximum Gasteiger partial charge on any atom is 0.272 e. The topological polar surface area (TPSA) is 200 Å². The Kier molecular flexibility index (Phi) is 9.78. The summed E-state index contributed by atoms with van der Waals surface area (Å²) in [5, 5.41) is 15.1. The molecule has 15 heteroatoms. The molecule has 5 fully saturated rings. The van der Waals surface area contributed by atoms with Crippen molar-refractivity contribution in [1.29, 1.82) is 0 Å². The molecule has 0 radical (unpaired) electrons. The lowest BCUT2D eigenvalue weighted by molar-refractivity contribution is -0.145. The Labute approximate surface area is 325 Å². The second-order valence-corrected chi connectivity index (χ2v) is 21.9. The van der Waals surface area contributed by atoms with Crippen molar-refractivity contribution in [1.82, 2.24) is 35.8 Å². The maximum atomic E-state index is 15.0. The predicted octanol–water partition coefficient (Wildman–Crippen LogP) is 3.68. The largest absolute Gasteiger partial charge is 0.342 e. The van der Waals surface area contributed by atoms with Crippen molar-refractivity contribution in [2.45, 2.75) is 149 Å². The minimum atomic E-state index is -3.88. The van der Waals surface area contributed by atoms with Crippen LogP contribution < -0.4 is 20.7 Å². The molecule has 6 atom stereocenters. The molecule has 5 aliphatic rings. The summed E-state index contributed by atoms with van der Waals surface area (Å²) >= 11 is 0. The zero-order valence-electron chi connectivity index (χ0n) is 34.1. The first-order valence-electron chi connectivity index (χ1n) is 19.8. The summed E-state index contributed by atoms with van der Waals surface area (Å²) < 4.78 is 27.7. The predicted molar refractivity (Wildman–Crippen MR) is 207 cm³/mol. The van der Waals surface area contributed by atoms with Gasteiger partial charge in [-0.3, -0.25) is 33.8 Å². The number of fused-ring (bicyclic) bond motifs is 1. The van der Waals surface area contributed by atoms with Gasteiger partial charge in [0, 0.05) is 23.6 Å². The molecule has 4 saturated carbocycles. The fraction of sp³-hybridized carbons (Fsp3) is 0.750. The summed E-state index contributed by atoms with van der Waals surface area (Å²) in [6.07, 6.45) is 6.10. The zero-order chi connectivity index (χ0) is 40.9. The third kappa shape index (κ3) is 6.69. The van der Waals surface area contributed by atoms with E-state index in [0.717, 1.165) is 25.0 Å². The monoisotopic (exact) mass is 783 g/mol. The number of carbonyl (C=O) groups excluding carboxylic acids is 5. The van der Waals surface area contributed by atoms with E-state index in [2.05, 4.69) is 51.3 Å². The number of aromatic amines is 1. The van der Waals surface area contributed by atoms with Crippen LogP contribution in [0.2, 0.25) is 0 Å². The molecule has 1 saturated heterocycles. The Morgan fingerprint density at radius 3 is 2.04 bits per heavy atom. The van der Waals surface area contributed by atoms with Crippen molar-refractivity contribution >= 4 is 39.6 Å². The van der Waals surface area contributed by atoms with Crippen LogP contribution in [-0.4, -0.2) is 88.5 Å². The number of aromatic nitrogens is 2. The van der Waals surface area contributed by atoms with E-state index in [1.54, 1.807) is 17.0 Å². The molecule has 2 spiro atoms. The lowest BCUT2D eigenvalue weighted by Crippen LogP contribution is -2.63. The van der Waals surface area contributed by atoms with Gasteiger partial charge in [-0.1, -0.05) is 81.7 Å². The van der Waals surface area contributed by atoms with Gasteiger partial charge < -0.3 is 20.9 Å². The molecule has 1 aromatic heterocycles. The van der Waals surface area contributed by atoms with Crippen LogP contribution in [0.5, 0.6) is 0 Å². The first kappa shape index (κ1) is 40.9. The third-order valence-corrected chi connectivity index (χ3v) is 15.7. The molecule has 304 valence electrons. The Balaban J connectivity index is 1.28. The van der Waals surface area contributed by atoms with Gasteiger partial charge in [-0.25, -0.2) is 8.42 Å². The normalized spacial score (nSPS) is 28.9. The van der Waals surface area contributed by atoms with E-state index in [1.807, 2.05) is 55.4 Å². The van der Waals surface area contributed by atoms with Gasteiger partial charge in [0.1, 0.15) is 29.4 Å². The van der Waals surface area contributed by atoms with Crippen LogP contribution in [0, 0.1) is 33.0 Å². The van der Waals surface area contributed by atoms with E-state index in [9.17, 15) is 27.6 Å². The fourth-order valence-corrected chi connectivity index (χ4v) is 11.1. The van der Waals surface area contributed by atoms with E-state index in [-0.39, 0.29) is 34.3 Å². The van der Waals surface area contributed by atoms with E-state index in [4.69, 9.17) is 0 Å². The van der Waals surface area contributed by atoms with Crippen LogP contribution in [0.1, 0.15) is 136 Å². The molecule has 5 amide bonds. The average molecular weight is 784 g/mol. The average Bonchev–Trinajstić information content (AvgIpc) is 3.98. The van der Waals surface area contributed by atoms with Gasteiger partial charge in [-0.2, -0.15) is 5.10 Å². The smallest absolute Gasteiger partial charge is 0.272 e. The van der Waals surface area contributed by atoms with Crippen molar-refractivity contribution in [3.63, 3.8) is 0 Å². The summed E-state index contributed by atoms with van der Waals surface area (Å²) in [5.74, 6) is -3.22. The van der Waals surface area contributed by atoms with Crippen molar-refractivity contribution < 1.29 is 32.4 Å². The summed E-state index contributed by atoms with van der Waals surface area (Å²) in [4.78, 5) is 72.4. The second kappa shape index (κ2) is 13.2. The molecule has 4 aliphatic carbocycles. The molecule has 6 rings (SSSR count). The summed E-state index contributed by atoms with van der Waals surface area (Å²) in [5.41, 5.74) is -2.70. The highest BCUT2D eigenvalue weighted by molar-refractivity contribution is 7.91. The molecule has 0 bridgehead atoms. The van der Waals surface area contributed by atoms with E-state index in [0.29, 0.717) is 25.8 Å². The van der Waals surface area contributed by atoms with Crippen LogP contribution in [0.15, 0.2) is 18.7 Å². The number of H-pyrrole nitrogens is 1. The van der Waals surface area contributed by atoms with Crippen LogP contribution in [-0.2, 0) is 29.2 Å². The van der Waals surface area contributed by atoms with Crippen LogP contribution in [0.4, 0.5) is 0 Å². The molecular formula is C40H61N7O7S. The van der Waals surface area contributed by atoms with Gasteiger partial charge in [0.2, 0.25) is 27.7 Å². The SMILES string of the molecule is C=C[C@@H]1C[C@]1(NC(=O)[C@@H]1C[C@@]2(CN1C(=O)[C@@H](NC(=O)[C@@H](NC(=O)c1cc(C(C)C)[nH]n1)C(C)(C)C)C(C)(C)C)C(C)(C)C21CCC1)C(=O)NS(=O)(=O)C1CC1. The lowest BCUT2D eigenvalue weighted by atomic mass is 9.73. The number of carbonyl (C=O) groups is 5. The molecule has 1 aliphatic heterocycles. The van der Waals surface area contributed by atoms with Gasteiger partial charge in [0.15, 0.2) is 0 Å². The maximum absolute atomic E-state index is 15.0. The number of nitrogens with zero attached hydrogens (tertiary/aromatic N) is 2. The summed E-state index contributed by atoms with van der Waals surface area (Å²) in [7, 11) is -3.88. The molecule has 0 aromatic carbocycles. The van der Waals surface area contributed by atoms with Crippen LogP contribution in [0.25, 0.3) is 0 Å². The summed E-state index contributed by atoms with van der Waals surface area (Å²) in [6.45, 7) is 23.4. The van der Waals surface area contributed by atoms with Crippen LogP contribution in [0.3, 0.4) is 0 Å². The molecular weight excluding hydrogens is 723 g/mol. The van der Waals surface area contributed by atoms with E-state index >= 15 is 4.79 Å². The second-order valence-electron chi connectivity index (χ2n) is 20.0. The molecule has 14 nitrogen and oxygen atoms in total. The van der Waals surface area contributed by atoms with Crippen molar-refractivity contribution in [2.24, 2.45) is 33.0 Å². The highest BCUT2D eigenvalue weighted by atomic mass is 32.2. The highest BCUT2D eigenvalue weighted by Gasteiger charge is 2.85. The Hall–Kier alpha value is -3.75. The van der Waals surface area contributed by atoms with Crippen LogP contribution >= 0.6 is 0 Å². The molecule has 5 N–H and O–H groups in total. The summed E-state index contributed by atoms with van der Waals surface area (Å²) in [6, 6.07) is -1.46. The Morgan fingerprint density at radius 1 is 0.964 bits per heavy atom. The number of nitrogens with one attached hydrogen (secondary N) is 5. The lowest BCUT2D eigenvalue weighted by Gasteiger charge is -2.38. The number of likely N-dealkylation sites (tertiary alicyclic amines) is 1. The number of amides is 5. The van der Waals surface area contributed by atoms with Gasteiger partial charge in [-0.15, -0.1) is 6.58 Å². The van der Waals surface area contributed by atoms with Gasteiger partial charge in [0.25, 0.3) is 11.8 Å². The first-order chi connectivity index (χ1) is 25.3. The van der Waals surface area contributed by atoms with Crippen molar-refractivity contribution in [3.05, 3.63) is 30.1 Å². The van der Waals surface area contributed by atoms with Gasteiger partial charge in [0.05, 0.1) is 5.25 Å². The number of hydrogen-bond acceptors (Lipinski definition) is 8. The standard InChI is InChI=1S/C40H61N7O7S/c1-12-23-19-40(23,34(52)46-55(53,54)24-14-15-24)43-31(49)27-20-39(37(10,11)38(39)16-13-17-38)21-47(27)33(51)29(36(7,8)9)42-32(50)28(35(4,5)6)41-30(48)26-18-25(22(2)3)44-45-26/h12,18,22-24,27-29H,1,13-17,19-21H2,2-11H3,(H,41,48)(H,42,50)(H,43,49)(H,44,45)(H,46,52)/t23-,27+,28-,29-,39-,40-/m1/s1. The Morgan fingerprint density at radius 2 is 1.58 bits per heavy atom. The third-order valence-electron chi connectivity index (χ3n) is 13.9. The number of sulfonamides is 1. The van der Waals surface area contributed by atoms with Gasteiger partial charge in [-0.05, 0) is 72.2 Å². The quantitative estimate of drug-likeness (QED) is 0.198. The zero-order valence-corrected chi connectivity index (χ0v) is 35.0. The highest BCUT2D eigenvalue weighted by Crippen LogP contribution is 2.88. The van der Waals surface area contributed by atoms with E-state index < -0.39 is 85.2 Å². The fourth-order valence-electron chi connectivity index (χ4n) is 9.75. The minimum absolute atomic E-state index is 0.0337.